The van der Waals surface area contributed by atoms with Crippen molar-refractivity contribution in [3.8, 4) is 0 Å². The largest absolute Gasteiger partial charge is 0.350 e. The number of aryl methyl sites for hydroxylation is 1. The predicted octanol–water partition coefficient (Wildman–Crippen LogP) is 1.76. The van der Waals surface area contributed by atoms with Gasteiger partial charge in [0.15, 0.2) is 5.82 Å². The molecule has 0 bridgehead atoms. The van der Waals surface area contributed by atoms with Gasteiger partial charge >= 0.3 is 11.8 Å². The number of nitro benzene ring substituents is 1. The van der Waals surface area contributed by atoms with Crippen LogP contribution in [0.3, 0.4) is 0 Å². The minimum absolute atomic E-state index is 0.0988. The zero-order valence-corrected chi connectivity index (χ0v) is 18.2. The van der Waals surface area contributed by atoms with Crippen LogP contribution in [0.25, 0.3) is 0 Å². The molecule has 0 saturated carbocycles. The van der Waals surface area contributed by atoms with E-state index in [1.54, 1.807) is 4.68 Å². The molecule has 0 atom stereocenters. The van der Waals surface area contributed by atoms with Gasteiger partial charge in [-0.05, 0) is 35.8 Å². The smallest absolute Gasteiger partial charge is 0.316 e. The van der Waals surface area contributed by atoms with Crippen molar-refractivity contribution >= 4 is 33.4 Å². The maximum Gasteiger partial charge on any atom is 0.316 e. The van der Waals surface area contributed by atoms with Crippen molar-refractivity contribution in [2.75, 3.05) is 13.1 Å². The second-order valence-electron chi connectivity index (χ2n) is 6.48. The Morgan fingerprint density at radius 1 is 1.23 bits per heavy atom. The van der Waals surface area contributed by atoms with Gasteiger partial charge in [-0.1, -0.05) is 11.2 Å². The van der Waals surface area contributed by atoms with Crippen LogP contribution >= 0.6 is 15.9 Å². The van der Waals surface area contributed by atoms with Gasteiger partial charge in [-0.3, -0.25) is 24.4 Å². The number of benzene rings is 1. The molecule has 12 nitrogen and oxygen atoms in total. The normalized spacial score (nSPS) is 10.7. The highest BCUT2D eigenvalue weighted by molar-refractivity contribution is 9.10. The molecule has 0 aliphatic carbocycles. The van der Waals surface area contributed by atoms with E-state index in [0.717, 1.165) is 15.9 Å². The summed E-state index contributed by atoms with van der Waals surface area (Å²) in [6, 6.07) is 5.35. The number of hydrogen-bond acceptors (Lipinski definition) is 8. The fraction of sp³-hybridized carbons (Fsp3) is 0.278. The van der Waals surface area contributed by atoms with Crippen LogP contribution < -0.4 is 10.6 Å². The Morgan fingerprint density at radius 2 is 1.94 bits per heavy atom. The van der Waals surface area contributed by atoms with Crippen molar-refractivity contribution in [3.05, 3.63) is 67.5 Å². The first-order valence-electron chi connectivity index (χ1n) is 9.09. The van der Waals surface area contributed by atoms with Crippen molar-refractivity contribution in [3.63, 3.8) is 0 Å². The van der Waals surface area contributed by atoms with E-state index >= 15 is 0 Å². The molecule has 0 saturated heterocycles. The molecule has 3 aromatic rings. The third-order valence-corrected chi connectivity index (χ3v) is 5.41. The van der Waals surface area contributed by atoms with E-state index in [0.29, 0.717) is 5.82 Å². The first-order valence-corrected chi connectivity index (χ1v) is 9.88. The van der Waals surface area contributed by atoms with Gasteiger partial charge in [-0.25, -0.2) is 0 Å². The van der Waals surface area contributed by atoms with E-state index in [1.165, 1.54) is 24.3 Å². The second kappa shape index (κ2) is 9.47. The molecule has 0 aliphatic heterocycles. The zero-order valence-electron chi connectivity index (χ0n) is 16.6. The van der Waals surface area contributed by atoms with Crippen LogP contribution in [0.4, 0.5) is 5.69 Å². The number of carbonyl (C=O) groups excluding carboxylic acids is 2. The predicted molar refractivity (Wildman–Crippen MR) is 111 cm³/mol. The summed E-state index contributed by atoms with van der Waals surface area (Å²) in [6.45, 7) is 4.20. The molecule has 0 fully saturated rings. The maximum atomic E-state index is 12.1. The molecule has 2 N–H and O–H groups in total. The fourth-order valence-electron chi connectivity index (χ4n) is 2.66. The number of nitrogens with one attached hydrogen (secondary N) is 2. The molecule has 0 unspecified atom stereocenters. The van der Waals surface area contributed by atoms with Crippen molar-refractivity contribution < 1.29 is 19.0 Å². The number of nitro groups is 1. The van der Waals surface area contributed by atoms with Gasteiger partial charge in [0.05, 0.1) is 20.8 Å². The monoisotopic (exact) mass is 491 g/mol. The number of carbonyl (C=O) groups is 2. The second-order valence-corrected chi connectivity index (χ2v) is 7.27. The number of amides is 2. The Morgan fingerprint density at radius 3 is 2.58 bits per heavy atom. The van der Waals surface area contributed by atoms with E-state index < -0.39 is 16.7 Å². The van der Waals surface area contributed by atoms with Gasteiger partial charge in [0.1, 0.15) is 6.54 Å². The lowest BCUT2D eigenvalue weighted by molar-refractivity contribution is -0.384. The Hall–Kier alpha value is -3.61. The van der Waals surface area contributed by atoms with Gasteiger partial charge in [0.2, 0.25) is 0 Å². The summed E-state index contributed by atoms with van der Waals surface area (Å²) in [6.07, 6.45) is 0. The van der Waals surface area contributed by atoms with Crippen molar-refractivity contribution in [2.24, 2.45) is 0 Å². The third-order valence-electron chi connectivity index (χ3n) is 4.26. The van der Waals surface area contributed by atoms with E-state index in [1.807, 2.05) is 13.8 Å². The molecule has 2 amide bonds. The Balaban J connectivity index is 1.48. The number of halogens is 1. The summed E-state index contributed by atoms with van der Waals surface area (Å²) in [5.41, 5.74) is 1.69. The van der Waals surface area contributed by atoms with Gasteiger partial charge in [0.25, 0.3) is 11.6 Å². The minimum atomic E-state index is -0.585. The van der Waals surface area contributed by atoms with Crippen LogP contribution in [0.15, 0.2) is 33.3 Å². The number of hydrogen-bond donors (Lipinski definition) is 2. The lowest BCUT2D eigenvalue weighted by Crippen LogP contribution is -2.34. The first kappa shape index (κ1) is 22.1. The van der Waals surface area contributed by atoms with Gasteiger partial charge in [-0.2, -0.15) is 10.1 Å². The number of non-ortho nitro benzene ring substituents is 1. The van der Waals surface area contributed by atoms with Crippen LogP contribution in [0.2, 0.25) is 0 Å². The van der Waals surface area contributed by atoms with Crippen LogP contribution in [0.1, 0.15) is 38.3 Å². The van der Waals surface area contributed by atoms with Crippen LogP contribution in [-0.4, -0.2) is 49.7 Å². The van der Waals surface area contributed by atoms with E-state index in [9.17, 15) is 19.7 Å². The number of rotatable bonds is 8. The molecule has 162 valence electrons. The van der Waals surface area contributed by atoms with E-state index in [2.05, 4.69) is 41.8 Å². The molecule has 31 heavy (non-hydrogen) atoms. The summed E-state index contributed by atoms with van der Waals surface area (Å²) < 4.78 is 7.56. The highest BCUT2D eigenvalue weighted by Gasteiger charge is 2.17. The summed E-state index contributed by atoms with van der Waals surface area (Å²) in [4.78, 5) is 38.5. The molecular formula is C18H18BrN7O5. The van der Waals surface area contributed by atoms with Crippen molar-refractivity contribution in [1.82, 2.24) is 30.6 Å². The molecule has 0 aliphatic rings. The average Bonchev–Trinajstić information content (AvgIpc) is 3.32. The topological polar surface area (TPSA) is 158 Å². The standard InChI is InChI=1S/C18H18BrN7O5/c1-10-15(19)11(2)25(23-10)9-14-22-18(31-24-14)17(28)21-7-6-20-16(27)12-4-3-5-13(8-12)26(29)30/h3-5,8H,6-7,9H2,1-2H3,(H,20,27)(H,21,28). The molecule has 1 aromatic carbocycles. The Bertz CT molecular complexity index is 1140. The summed E-state index contributed by atoms with van der Waals surface area (Å²) in [7, 11) is 0. The average molecular weight is 492 g/mol. The third kappa shape index (κ3) is 5.31. The maximum absolute atomic E-state index is 12.1. The van der Waals surface area contributed by atoms with Crippen molar-refractivity contribution in [2.45, 2.75) is 20.4 Å². The van der Waals surface area contributed by atoms with Gasteiger partial charge < -0.3 is 15.2 Å². The highest BCUT2D eigenvalue weighted by atomic mass is 79.9. The van der Waals surface area contributed by atoms with Crippen LogP contribution in [0.5, 0.6) is 0 Å². The van der Waals surface area contributed by atoms with E-state index in [4.69, 9.17) is 4.52 Å². The summed E-state index contributed by atoms with van der Waals surface area (Å²) in [5.74, 6) is -0.991. The lowest BCUT2D eigenvalue weighted by atomic mass is 10.2. The Labute approximate surface area is 184 Å². The minimum Gasteiger partial charge on any atom is -0.350 e. The molecule has 3 rings (SSSR count). The van der Waals surface area contributed by atoms with Crippen LogP contribution in [-0.2, 0) is 6.54 Å². The molecule has 2 heterocycles. The molecule has 13 heteroatoms. The van der Waals surface area contributed by atoms with E-state index in [-0.39, 0.29) is 36.8 Å². The first-order chi connectivity index (χ1) is 14.8. The number of aromatic nitrogens is 4. The highest BCUT2D eigenvalue weighted by Crippen LogP contribution is 2.20. The Kier molecular flexibility index (Phi) is 6.74. The van der Waals surface area contributed by atoms with Gasteiger partial charge in [0, 0.05) is 30.8 Å². The quantitative estimate of drug-likeness (QED) is 0.274. The molecule has 2 aromatic heterocycles. The zero-order chi connectivity index (χ0) is 22.5. The summed E-state index contributed by atoms with van der Waals surface area (Å²) in [5, 5.41) is 24.0. The SMILES string of the molecule is Cc1nn(Cc2noc(C(=O)NCCNC(=O)c3cccc([N+](=O)[O-])c3)n2)c(C)c1Br. The fourth-order valence-corrected chi connectivity index (χ4v) is 2.95. The molecular weight excluding hydrogens is 474 g/mol. The molecule has 0 radical (unpaired) electrons. The summed E-state index contributed by atoms with van der Waals surface area (Å²) >= 11 is 3.44. The lowest BCUT2D eigenvalue weighted by Gasteiger charge is -2.05. The van der Waals surface area contributed by atoms with Crippen molar-refractivity contribution in [1.29, 1.82) is 0 Å². The van der Waals surface area contributed by atoms with Gasteiger partial charge in [-0.15, -0.1) is 0 Å². The van der Waals surface area contributed by atoms with Crippen LogP contribution in [0, 0.1) is 24.0 Å². The molecule has 0 spiro atoms. The number of nitrogens with zero attached hydrogens (tertiary/aromatic N) is 5.